The monoisotopic (exact) mass is 262 g/mol. The summed E-state index contributed by atoms with van der Waals surface area (Å²) in [7, 11) is -0.400. The molecular weight excluding hydrogens is 243 g/mol. The first kappa shape index (κ1) is 12.9. The van der Waals surface area contributed by atoms with Crippen LogP contribution in [0.5, 0.6) is 0 Å². The number of ether oxygens (including phenoxy) is 1. The molecule has 3 rings (SSSR count). The van der Waals surface area contributed by atoms with Crippen molar-refractivity contribution in [3.05, 3.63) is 11.7 Å². The maximum atomic E-state index is 6.00. The second-order valence-corrected chi connectivity index (χ2v) is 6.13. The predicted octanol–water partition coefficient (Wildman–Crippen LogP) is 0.682. The van der Waals surface area contributed by atoms with Crippen LogP contribution < -0.4 is 5.43 Å². The van der Waals surface area contributed by atoms with Crippen LogP contribution in [0.3, 0.4) is 0 Å². The second-order valence-electron chi connectivity index (χ2n) is 6.13. The SMILES string of the molecule is CC1(C)OB(C2=CN(C3COC3)NC#C2)OC1(C)C. The smallest absolute Gasteiger partial charge is 0.399 e. The Balaban J connectivity index is 1.77. The van der Waals surface area contributed by atoms with Crippen LogP contribution in [0.15, 0.2) is 11.7 Å². The Labute approximate surface area is 114 Å². The molecule has 0 saturated carbocycles. The van der Waals surface area contributed by atoms with Gasteiger partial charge in [-0.3, -0.25) is 10.4 Å². The molecule has 3 aliphatic heterocycles. The van der Waals surface area contributed by atoms with Crippen molar-refractivity contribution in [1.82, 2.24) is 10.4 Å². The van der Waals surface area contributed by atoms with Gasteiger partial charge in [0.1, 0.15) is 0 Å². The summed E-state index contributed by atoms with van der Waals surface area (Å²) in [5.74, 6) is 3.04. The normalized spacial score (nSPS) is 28.1. The van der Waals surface area contributed by atoms with Crippen LogP contribution in [0.1, 0.15) is 27.7 Å². The number of nitrogens with zero attached hydrogens (tertiary/aromatic N) is 1. The van der Waals surface area contributed by atoms with Crippen molar-refractivity contribution in [3.63, 3.8) is 0 Å². The van der Waals surface area contributed by atoms with Gasteiger partial charge < -0.3 is 14.0 Å². The minimum Gasteiger partial charge on any atom is -0.399 e. The van der Waals surface area contributed by atoms with Crippen molar-refractivity contribution < 1.29 is 14.0 Å². The summed E-state index contributed by atoms with van der Waals surface area (Å²) in [6, 6.07) is 3.25. The average Bonchev–Trinajstić information content (AvgIpc) is 2.46. The Morgan fingerprint density at radius 2 is 1.89 bits per heavy atom. The van der Waals surface area contributed by atoms with Crippen molar-refractivity contribution in [1.29, 1.82) is 0 Å². The van der Waals surface area contributed by atoms with E-state index in [1.54, 1.807) is 0 Å². The number of hydrogen-bond donors (Lipinski definition) is 1. The van der Waals surface area contributed by atoms with Gasteiger partial charge in [-0.2, -0.15) is 0 Å². The molecule has 0 amide bonds. The molecule has 0 aliphatic carbocycles. The van der Waals surface area contributed by atoms with Gasteiger partial charge in [-0.05, 0) is 33.6 Å². The summed E-state index contributed by atoms with van der Waals surface area (Å²) < 4.78 is 17.2. The van der Waals surface area contributed by atoms with Gasteiger partial charge in [-0.1, -0.05) is 0 Å². The fourth-order valence-electron chi connectivity index (χ4n) is 2.05. The van der Waals surface area contributed by atoms with Gasteiger partial charge >= 0.3 is 7.12 Å². The first-order chi connectivity index (χ1) is 8.89. The fourth-order valence-corrected chi connectivity index (χ4v) is 2.05. The van der Waals surface area contributed by atoms with E-state index in [0.29, 0.717) is 6.04 Å². The molecule has 2 fully saturated rings. The van der Waals surface area contributed by atoms with Crippen molar-refractivity contribution in [3.8, 4) is 12.0 Å². The number of hydrazine groups is 1. The molecule has 0 spiro atoms. The zero-order valence-electron chi connectivity index (χ0n) is 11.8. The van der Waals surface area contributed by atoms with Crippen LogP contribution in [0.2, 0.25) is 0 Å². The van der Waals surface area contributed by atoms with Crippen molar-refractivity contribution in [2.45, 2.75) is 44.9 Å². The van der Waals surface area contributed by atoms with E-state index in [1.165, 1.54) is 0 Å². The molecule has 1 N–H and O–H groups in total. The van der Waals surface area contributed by atoms with Crippen LogP contribution >= 0.6 is 0 Å². The number of allylic oxidation sites excluding steroid dienone is 1. The third kappa shape index (κ3) is 2.12. The van der Waals surface area contributed by atoms with Crippen molar-refractivity contribution in [2.24, 2.45) is 0 Å². The Morgan fingerprint density at radius 3 is 2.42 bits per heavy atom. The largest absolute Gasteiger partial charge is 0.505 e. The van der Waals surface area contributed by atoms with Crippen molar-refractivity contribution >= 4 is 7.12 Å². The van der Waals surface area contributed by atoms with E-state index < -0.39 is 7.12 Å². The van der Waals surface area contributed by atoms with E-state index in [9.17, 15) is 0 Å². The van der Waals surface area contributed by atoms with E-state index in [1.807, 2.05) is 38.9 Å². The number of hydrogen-bond acceptors (Lipinski definition) is 5. The second kappa shape index (κ2) is 4.17. The standard InChI is InChI=1S/C13H19BN2O3/c1-12(2)13(3,4)19-14(18-12)10-5-6-15-16(7-10)11-8-17-9-11/h7,11,15H,8-9H2,1-4H3. The molecule has 0 aromatic carbocycles. The molecule has 19 heavy (non-hydrogen) atoms. The predicted molar refractivity (Wildman–Crippen MR) is 71.5 cm³/mol. The molecule has 5 nitrogen and oxygen atoms in total. The Hall–Kier alpha value is -1.16. The van der Waals surface area contributed by atoms with Gasteiger partial charge in [-0.15, -0.1) is 0 Å². The van der Waals surface area contributed by atoms with Gasteiger partial charge in [-0.25, -0.2) is 0 Å². The first-order valence-electron chi connectivity index (χ1n) is 6.59. The zero-order valence-corrected chi connectivity index (χ0v) is 11.8. The van der Waals surface area contributed by atoms with E-state index in [-0.39, 0.29) is 11.2 Å². The molecule has 0 radical (unpaired) electrons. The van der Waals surface area contributed by atoms with E-state index in [0.717, 1.165) is 18.7 Å². The molecule has 0 aromatic heterocycles. The lowest BCUT2D eigenvalue weighted by Crippen LogP contribution is -2.52. The molecule has 2 saturated heterocycles. The van der Waals surface area contributed by atoms with Crippen molar-refractivity contribution in [2.75, 3.05) is 13.2 Å². The summed E-state index contributed by atoms with van der Waals surface area (Å²) in [6.45, 7) is 9.61. The molecule has 3 heterocycles. The van der Waals surface area contributed by atoms with Gasteiger partial charge in [0.05, 0.1) is 35.9 Å². The molecule has 0 bridgehead atoms. The molecule has 3 aliphatic rings. The molecule has 0 unspecified atom stereocenters. The van der Waals surface area contributed by atoms with Gasteiger partial charge in [0, 0.05) is 12.2 Å². The Kier molecular flexibility index (Phi) is 2.82. The number of rotatable bonds is 2. The van der Waals surface area contributed by atoms with Crippen LogP contribution in [0.25, 0.3) is 0 Å². The summed E-state index contributed by atoms with van der Waals surface area (Å²) in [5, 5.41) is 1.97. The summed E-state index contributed by atoms with van der Waals surface area (Å²) in [5.41, 5.74) is 3.20. The zero-order chi connectivity index (χ0) is 13.7. The first-order valence-corrected chi connectivity index (χ1v) is 6.59. The summed E-state index contributed by atoms with van der Waals surface area (Å²) >= 11 is 0. The Morgan fingerprint density at radius 1 is 1.26 bits per heavy atom. The molecular formula is C13H19BN2O3. The van der Waals surface area contributed by atoms with E-state index in [2.05, 4.69) is 17.4 Å². The topological polar surface area (TPSA) is 43.0 Å². The fraction of sp³-hybridized carbons (Fsp3) is 0.692. The third-order valence-electron chi connectivity index (χ3n) is 4.19. The average molecular weight is 262 g/mol. The minimum absolute atomic E-state index is 0.338. The van der Waals surface area contributed by atoms with Crippen LogP contribution in [0.4, 0.5) is 0 Å². The maximum Gasteiger partial charge on any atom is 0.505 e. The summed E-state index contributed by atoms with van der Waals surface area (Å²) in [6.07, 6.45) is 1.96. The van der Waals surface area contributed by atoms with Gasteiger partial charge in [0.15, 0.2) is 0 Å². The molecule has 0 aromatic rings. The maximum absolute atomic E-state index is 6.00. The molecule has 0 atom stereocenters. The lowest BCUT2D eigenvalue weighted by molar-refractivity contribution is -0.0585. The highest BCUT2D eigenvalue weighted by Gasteiger charge is 2.52. The van der Waals surface area contributed by atoms with Gasteiger partial charge in [0.2, 0.25) is 0 Å². The quantitative estimate of drug-likeness (QED) is 0.585. The third-order valence-corrected chi connectivity index (χ3v) is 4.19. The van der Waals surface area contributed by atoms with Crippen LogP contribution in [0, 0.1) is 12.0 Å². The van der Waals surface area contributed by atoms with E-state index >= 15 is 0 Å². The van der Waals surface area contributed by atoms with E-state index in [4.69, 9.17) is 14.0 Å². The number of nitrogens with one attached hydrogen (secondary N) is 1. The molecule has 102 valence electrons. The minimum atomic E-state index is -0.400. The van der Waals surface area contributed by atoms with Crippen LogP contribution in [-0.2, 0) is 14.0 Å². The highest BCUT2D eigenvalue weighted by atomic mass is 16.7. The highest BCUT2D eigenvalue weighted by molar-refractivity contribution is 6.56. The molecule has 6 heteroatoms. The highest BCUT2D eigenvalue weighted by Crippen LogP contribution is 2.38. The van der Waals surface area contributed by atoms with Crippen LogP contribution in [-0.4, -0.2) is 42.6 Å². The summed E-state index contributed by atoms with van der Waals surface area (Å²) in [4.78, 5) is 0. The Bertz CT molecular complexity index is 458. The van der Waals surface area contributed by atoms with Gasteiger partial charge in [0.25, 0.3) is 0 Å². The lowest BCUT2D eigenvalue weighted by Gasteiger charge is -2.36. The lowest BCUT2D eigenvalue weighted by atomic mass is 9.79.